The van der Waals surface area contributed by atoms with Crippen molar-refractivity contribution in [3.05, 3.63) is 30.5 Å². The molecule has 0 radical (unpaired) electrons. The molecule has 104 valence electrons. The summed E-state index contributed by atoms with van der Waals surface area (Å²) >= 11 is 0. The molecule has 19 heavy (non-hydrogen) atoms. The van der Waals surface area contributed by atoms with Gasteiger partial charge >= 0.3 is 0 Å². The van der Waals surface area contributed by atoms with Crippen LogP contribution in [0.1, 0.15) is 32.4 Å². The van der Waals surface area contributed by atoms with Crippen LogP contribution in [0, 0.1) is 5.92 Å². The zero-order chi connectivity index (χ0) is 13.7. The van der Waals surface area contributed by atoms with Crippen LogP contribution in [0.2, 0.25) is 0 Å². The van der Waals surface area contributed by atoms with Crippen molar-refractivity contribution < 1.29 is 0 Å². The van der Waals surface area contributed by atoms with E-state index in [1.54, 1.807) is 0 Å². The third-order valence-corrected chi connectivity index (χ3v) is 3.17. The van der Waals surface area contributed by atoms with Crippen LogP contribution in [-0.2, 0) is 6.54 Å². The molecule has 1 aliphatic carbocycles. The number of hydrogen-bond acceptors (Lipinski definition) is 4. The molecule has 2 rings (SSSR count). The van der Waals surface area contributed by atoms with Gasteiger partial charge in [-0.1, -0.05) is 19.9 Å². The fourth-order valence-electron chi connectivity index (χ4n) is 2.04. The van der Waals surface area contributed by atoms with Gasteiger partial charge in [0, 0.05) is 19.1 Å². The van der Waals surface area contributed by atoms with Crippen molar-refractivity contribution in [2.75, 3.05) is 18.0 Å². The molecule has 1 fully saturated rings. The van der Waals surface area contributed by atoms with Gasteiger partial charge in [0.05, 0.1) is 5.69 Å². The Morgan fingerprint density at radius 1 is 1.42 bits per heavy atom. The Balaban J connectivity index is 1.91. The molecule has 0 saturated heterocycles. The fourth-order valence-corrected chi connectivity index (χ4v) is 2.04. The molecule has 0 atom stereocenters. The number of nitrogens with zero attached hydrogens (tertiary/aromatic N) is 3. The second kappa shape index (κ2) is 6.66. The zero-order valence-electron chi connectivity index (χ0n) is 12.0. The van der Waals surface area contributed by atoms with Gasteiger partial charge in [-0.25, -0.2) is 0 Å². The van der Waals surface area contributed by atoms with Crippen molar-refractivity contribution in [3.8, 4) is 0 Å². The molecule has 4 heteroatoms. The van der Waals surface area contributed by atoms with Crippen molar-refractivity contribution in [2.45, 2.75) is 39.3 Å². The minimum absolute atomic E-state index is 0.636. The quantitative estimate of drug-likeness (QED) is 0.729. The lowest BCUT2D eigenvalue weighted by Gasteiger charge is -2.21. The Bertz CT molecular complexity index is 395. The lowest BCUT2D eigenvalue weighted by atomic mass is 10.2. The number of hydrogen-bond donors (Lipinski definition) is 1. The van der Waals surface area contributed by atoms with E-state index in [1.165, 1.54) is 12.8 Å². The summed E-state index contributed by atoms with van der Waals surface area (Å²) in [4.78, 5) is 2.28. The number of nitrogens with one attached hydrogen (secondary N) is 1. The summed E-state index contributed by atoms with van der Waals surface area (Å²) in [7, 11) is 0. The third kappa shape index (κ3) is 4.31. The molecular weight excluding hydrogens is 236 g/mol. The summed E-state index contributed by atoms with van der Waals surface area (Å²) in [5.41, 5.74) is 0.999. The fraction of sp³-hybridized carbons (Fsp3) is 0.600. The molecular formula is C15H24N4. The van der Waals surface area contributed by atoms with E-state index in [-0.39, 0.29) is 0 Å². The van der Waals surface area contributed by atoms with Crippen LogP contribution in [-0.4, -0.2) is 29.3 Å². The maximum absolute atomic E-state index is 4.34. The Kier molecular flexibility index (Phi) is 4.91. The Hall–Kier alpha value is -1.42. The third-order valence-electron chi connectivity index (χ3n) is 3.17. The van der Waals surface area contributed by atoms with Gasteiger partial charge in [-0.2, -0.15) is 5.10 Å². The highest BCUT2D eigenvalue weighted by atomic mass is 15.3. The molecule has 0 unspecified atom stereocenters. The SMILES string of the molecule is C=CCN(c1ccc(CNCC(C)C)nn1)C1CC1. The molecule has 1 aromatic heterocycles. The van der Waals surface area contributed by atoms with E-state index >= 15 is 0 Å². The predicted molar refractivity (Wildman–Crippen MR) is 79.1 cm³/mol. The van der Waals surface area contributed by atoms with Crippen molar-refractivity contribution in [1.82, 2.24) is 15.5 Å². The topological polar surface area (TPSA) is 41.0 Å². The van der Waals surface area contributed by atoms with E-state index in [0.717, 1.165) is 31.1 Å². The lowest BCUT2D eigenvalue weighted by Crippen LogP contribution is -2.27. The van der Waals surface area contributed by atoms with Crippen LogP contribution in [0.3, 0.4) is 0 Å². The number of aromatic nitrogens is 2. The monoisotopic (exact) mass is 260 g/mol. The molecule has 1 aliphatic rings. The normalized spacial score (nSPS) is 14.7. The summed E-state index contributed by atoms with van der Waals surface area (Å²) in [6, 6.07) is 4.77. The molecule has 1 saturated carbocycles. The molecule has 1 N–H and O–H groups in total. The van der Waals surface area contributed by atoms with Crippen molar-refractivity contribution in [3.63, 3.8) is 0 Å². The molecule has 0 aliphatic heterocycles. The van der Waals surface area contributed by atoms with Gasteiger partial charge in [-0.3, -0.25) is 0 Å². The zero-order valence-corrected chi connectivity index (χ0v) is 12.0. The van der Waals surface area contributed by atoms with E-state index in [0.29, 0.717) is 12.0 Å². The van der Waals surface area contributed by atoms with Gasteiger partial charge in [0.25, 0.3) is 0 Å². The van der Waals surface area contributed by atoms with Crippen molar-refractivity contribution in [2.24, 2.45) is 5.92 Å². The van der Waals surface area contributed by atoms with Gasteiger partial charge in [0.1, 0.15) is 0 Å². The smallest absolute Gasteiger partial charge is 0.151 e. The number of rotatable bonds is 8. The molecule has 0 amide bonds. The average molecular weight is 260 g/mol. The standard InChI is InChI=1S/C15H24N4/c1-4-9-19(14-6-7-14)15-8-5-13(17-18-15)11-16-10-12(2)3/h4-5,8,12,14,16H,1,6-7,9-11H2,2-3H3. The molecule has 1 heterocycles. The molecule has 0 spiro atoms. The first-order valence-corrected chi connectivity index (χ1v) is 7.11. The first kappa shape index (κ1) is 14.0. The Labute approximate surface area is 115 Å². The first-order chi connectivity index (χ1) is 9.20. The maximum Gasteiger partial charge on any atom is 0.151 e. The summed E-state index contributed by atoms with van der Waals surface area (Å²) < 4.78 is 0. The summed E-state index contributed by atoms with van der Waals surface area (Å²) in [6.07, 6.45) is 4.44. The van der Waals surface area contributed by atoms with Crippen molar-refractivity contribution >= 4 is 5.82 Å². The van der Waals surface area contributed by atoms with Gasteiger partial charge in [-0.05, 0) is 37.4 Å². The van der Waals surface area contributed by atoms with Gasteiger partial charge in [0.15, 0.2) is 5.82 Å². The first-order valence-electron chi connectivity index (χ1n) is 7.11. The van der Waals surface area contributed by atoms with Crippen LogP contribution < -0.4 is 10.2 Å². The summed E-state index contributed by atoms with van der Waals surface area (Å²) in [5.74, 6) is 1.63. The molecule has 0 bridgehead atoms. The van der Waals surface area contributed by atoms with Crippen LogP contribution in [0.4, 0.5) is 5.82 Å². The van der Waals surface area contributed by atoms with Crippen LogP contribution >= 0.6 is 0 Å². The van der Waals surface area contributed by atoms with E-state index in [1.807, 2.05) is 6.08 Å². The highest BCUT2D eigenvalue weighted by Gasteiger charge is 2.29. The van der Waals surface area contributed by atoms with Crippen LogP contribution in [0.25, 0.3) is 0 Å². The van der Waals surface area contributed by atoms with Crippen LogP contribution in [0.15, 0.2) is 24.8 Å². The lowest BCUT2D eigenvalue weighted by molar-refractivity contribution is 0.546. The van der Waals surface area contributed by atoms with Crippen molar-refractivity contribution in [1.29, 1.82) is 0 Å². The van der Waals surface area contributed by atoms with E-state index in [2.05, 4.69) is 53.0 Å². The van der Waals surface area contributed by atoms with Crippen LogP contribution in [0.5, 0.6) is 0 Å². The minimum atomic E-state index is 0.636. The minimum Gasteiger partial charge on any atom is -0.348 e. The summed E-state index contributed by atoms with van der Waals surface area (Å²) in [5, 5.41) is 12.0. The Morgan fingerprint density at radius 3 is 2.74 bits per heavy atom. The highest BCUT2D eigenvalue weighted by molar-refractivity contribution is 5.41. The number of anilines is 1. The van der Waals surface area contributed by atoms with Gasteiger partial charge < -0.3 is 10.2 Å². The maximum atomic E-state index is 4.34. The largest absolute Gasteiger partial charge is 0.348 e. The van der Waals surface area contributed by atoms with E-state index in [9.17, 15) is 0 Å². The average Bonchev–Trinajstić information content (AvgIpc) is 3.21. The highest BCUT2D eigenvalue weighted by Crippen LogP contribution is 2.30. The predicted octanol–water partition coefficient (Wildman–Crippen LogP) is 2.38. The molecule has 1 aromatic rings. The second-order valence-electron chi connectivity index (χ2n) is 5.58. The second-order valence-corrected chi connectivity index (χ2v) is 5.58. The summed E-state index contributed by atoms with van der Waals surface area (Å²) in [6.45, 7) is 10.9. The Morgan fingerprint density at radius 2 is 2.21 bits per heavy atom. The molecule has 0 aromatic carbocycles. The van der Waals surface area contributed by atoms with Gasteiger partial charge in [-0.15, -0.1) is 11.7 Å². The van der Waals surface area contributed by atoms with Gasteiger partial charge in [0.2, 0.25) is 0 Å². The van der Waals surface area contributed by atoms with E-state index in [4.69, 9.17) is 0 Å². The van der Waals surface area contributed by atoms with E-state index < -0.39 is 0 Å². The molecule has 4 nitrogen and oxygen atoms in total.